The molecule has 0 saturated carbocycles. The predicted molar refractivity (Wildman–Crippen MR) is 102 cm³/mol. The molecule has 2 aromatic rings. The Balaban J connectivity index is 1.24. The molecule has 0 spiro atoms. The number of carbonyl (C=O) groups is 2. The van der Waals surface area contributed by atoms with Gasteiger partial charge in [0.05, 0.1) is 12.5 Å². The van der Waals surface area contributed by atoms with E-state index in [2.05, 4.69) is 25.4 Å². The fourth-order valence-corrected chi connectivity index (χ4v) is 3.53. The van der Waals surface area contributed by atoms with Crippen LogP contribution in [-0.2, 0) is 9.53 Å². The summed E-state index contributed by atoms with van der Waals surface area (Å²) in [6.45, 7) is 4.60. The van der Waals surface area contributed by atoms with Crippen molar-refractivity contribution in [2.24, 2.45) is 5.92 Å². The maximum Gasteiger partial charge on any atom is 0.409 e. The fourth-order valence-electron chi connectivity index (χ4n) is 3.53. The van der Waals surface area contributed by atoms with Gasteiger partial charge >= 0.3 is 6.09 Å². The van der Waals surface area contributed by atoms with Gasteiger partial charge in [0.2, 0.25) is 5.91 Å². The van der Waals surface area contributed by atoms with Crippen LogP contribution in [0.15, 0.2) is 25.0 Å². The first-order valence-electron chi connectivity index (χ1n) is 9.78. The minimum Gasteiger partial charge on any atom is -0.450 e. The van der Waals surface area contributed by atoms with E-state index in [4.69, 9.17) is 4.74 Å². The van der Waals surface area contributed by atoms with E-state index in [0.29, 0.717) is 38.6 Å². The second-order valence-corrected chi connectivity index (χ2v) is 7.15. The van der Waals surface area contributed by atoms with Crippen molar-refractivity contribution in [3.05, 3.63) is 25.0 Å². The Hall–Kier alpha value is -3.24. The van der Waals surface area contributed by atoms with Gasteiger partial charge < -0.3 is 19.9 Å². The van der Waals surface area contributed by atoms with Crippen LogP contribution in [-0.4, -0.2) is 80.5 Å². The maximum absolute atomic E-state index is 12.5. The molecule has 0 radical (unpaired) electrons. The normalized spacial score (nSPS) is 17.7. The lowest BCUT2D eigenvalue weighted by atomic mass is 9.97. The predicted octanol–water partition coefficient (Wildman–Crippen LogP) is 0.231. The number of aromatic nitrogens is 5. The van der Waals surface area contributed by atoms with Gasteiger partial charge in [0.15, 0.2) is 5.82 Å². The van der Waals surface area contributed by atoms with E-state index >= 15 is 0 Å². The molecule has 2 aromatic heterocycles. The highest BCUT2D eigenvalue weighted by atomic mass is 16.6. The Labute approximate surface area is 168 Å². The molecule has 1 N–H and O–H groups in total. The summed E-state index contributed by atoms with van der Waals surface area (Å²) >= 11 is 0. The van der Waals surface area contributed by atoms with E-state index in [1.54, 1.807) is 22.8 Å². The third-order valence-corrected chi connectivity index (χ3v) is 5.24. The standard InChI is InChI=1S/C18H24N8O3/c1-2-29-18(28)24-5-3-14(4-6-24)23-17(27)13-8-25(9-13)15-7-16(21-11-20-15)26-12-19-10-22-26/h7,10-14H,2-6,8-9H2,1H3,(H,23,27). The third kappa shape index (κ3) is 4.28. The van der Waals surface area contributed by atoms with Gasteiger partial charge in [-0.25, -0.2) is 24.4 Å². The number of hydrogen-bond donors (Lipinski definition) is 1. The third-order valence-electron chi connectivity index (χ3n) is 5.24. The number of hydrogen-bond acceptors (Lipinski definition) is 8. The topological polar surface area (TPSA) is 118 Å². The fraction of sp³-hybridized carbons (Fsp3) is 0.556. The molecule has 2 amide bonds. The molecule has 2 fully saturated rings. The molecule has 0 unspecified atom stereocenters. The molecular weight excluding hydrogens is 376 g/mol. The van der Waals surface area contributed by atoms with Crippen LogP contribution < -0.4 is 10.2 Å². The van der Waals surface area contributed by atoms with Crippen LogP contribution in [0, 0.1) is 5.92 Å². The van der Waals surface area contributed by atoms with E-state index in [-0.39, 0.29) is 24.0 Å². The molecule has 29 heavy (non-hydrogen) atoms. The summed E-state index contributed by atoms with van der Waals surface area (Å²) in [7, 11) is 0. The van der Waals surface area contributed by atoms with E-state index in [9.17, 15) is 9.59 Å². The second kappa shape index (κ2) is 8.41. The van der Waals surface area contributed by atoms with E-state index in [0.717, 1.165) is 18.7 Å². The summed E-state index contributed by atoms with van der Waals surface area (Å²) < 4.78 is 6.59. The molecule has 0 atom stereocenters. The lowest BCUT2D eigenvalue weighted by Crippen LogP contribution is -2.56. The zero-order valence-electron chi connectivity index (χ0n) is 16.3. The Morgan fingerprint density at radius 3 is 2.62 bits per heavy atom. The number of likely N-dealkylation sites (tertiary alicyclic amines) is 1. The summed E-state index contributed by atoms with van der Waals surface area (Å²) in [5.41, 5.74) is 0. The zero-order valence-corrected chi connectivity index (χ0v) is 16.3. The van der Waals surface area contributed by atoms with Crippen LogP contribution in [0.3, 0.4) is 0 Å². The summed E-state index contributed by atoms with van der Waals surface area (Å²) in [5, 5.41) is 7.18. The van der Waals surface area contributed by atoms with Crippen molar-refractivity contribution < 1.29 is 14.3 Å². The molecule has 0 bridgehead atoms. The molecule has 4 heterocycles. The van der Waals surface area contributed by atoms with E-state index < -0.39 is 0 Å². The Bertz CT molecular complexity index is 845. The lowest BCUT2D eigenvalue weighted by Gasteiger charge is -2.40. The number of piperidine rings is 1. The molecule has 11 nitrogen and oxygen atoms in total. The van der Waals surface area contributed by atoms with Crippen molar-refractivity contribution in [1.82, 2.24) is 34.9 Å². The average molecular weight is 400 g/mol. The second-order valence-electron chi connectivity index (χ2n) is 7.15. The van der Waals surface area contributed by atoms with Crippen LogP contribution >= 0.6 is 0 Å². The number of anilines is 1. The van der Waals surface area contributed by atoms with Gasteiger partial charge in [0.1, 0.15) is 24.8 Å². The smallest absolute Gasteiger partial charge is 0.409 e. The highest BCUT2D eigenvalue weighted by Gasteiger charge is 2.35. The van der Waals surface area contributed by atoms with Crippen molar-refractivity contribution in [3.8, 4) is 5.82 Å². The molecule has 0 aliphatic carbocycles. The first-order valence-corrected chi connectivity index (χ1v) is 9.78. The molecule has 2 aliphatic rings. The number of carbonyl (C=O) groups excluding carboxylic acids is 2. The van der Waals surface area contributed by atoms with Crippen molar-refractivity contribution in [2.75, 3.05) is 37.7 Å². The largest absolute Gasteiger partial charge is 0.450 e. The van der Waals surface area contributed by atoms with Gasteiger partial charge in [-0.05, 0) is 19.8 Å². The SMILES string of the molecule is CCOC(=O)N1CCC(NC(=O)C2CN(c3cc(-n4cncn4)ncn3)C2)CC1. The van der Waals surface area contributed by atoms with Crippen molar-refractivity contribution in [3.63, 3.8) is 0 Å². The summed E-state index contributed by atoms with van der Waals surface area (Å²) in [6.07, 6.45) is 5.72. The van der Waals surface area contributed by atoms with Crippen LogP contribution in [0.5, 0.6) is 0 Å². The lowest BCUT2D eigenvalue weighted by molar-refractivity contribution is -0.126. The van der Waals surface area contributed by atoms with Gasteiger partial charge in [-0.2, -0.15) is 5.10 Å². The molecule has 0 aromatic carbocycles. The van der Waals surface area contributed by atoms with E-state index in [1.807, 2.05) is 11.0 Å². The van der Waals surface area contributed by atoms with Gasteiger partial charge in [-0.1, -0.05) is 0 Å². The maximum atomic E-state index is 12.5. The van der Waals surface area contributed by atoms with Gasteiger partial charge in [0, 0.05) is 38.3 Å². The first-order chi connectivity index (χ1) is 14.1. The van der Waals surface area contributed by atoms with Crippen LogP contribution in [0.2, 0.25) is 0 Å². The number of rotatable bonds is 5. The number of ether oxygens (including phenoxy) is 1. The van der Waals surface area contributed by atoms with Crippen molar-refractivity contribution in [2.45, 2.75) is 25.8 Å². The zero-order chi connectivity index (χ0) is 20.2. The molecular formula is C18H24N8O3. The molecule has 2 aliphatic heterocycles. The Kier molecular flexibility index (Phi) is 5.54. The number of nitrogens with zero attached hydrogens (tertiary/aromatic N) is 7. The van der Waals surface area contributed by atoms with Crippen LogP contribution in [0.4, 0.5) is 10.6 Å². The highest BCUT2D eigenvalue weighted by molar-refractivity contribution is 5.82. The van der Waals surface area contributed by atoms with Crippen molar-refractivity contribution >= 4 is 17.8 Å². The van der Waals surface area contributed by atoms with Gasteiger partial charge in [0.25, 0.3) is 0 Å². The molecule has 4 rings (SSSR count). The van der Waals surface area contributed by atoms with Crippen LogP contribution in [0.1, 0.15) is 19.8 Å². The van der Waals surface area contributed by atoms with Gasteiger partial charge in [-0.15, -0.1) is 0 Å². The molecule has 11 heteroatoms. The summed E-state index contributed by atoms with van der Waals surface area (Å²) in [4.78, 5) is 40.4. The summed E-state index contributed by atoms with van der Waals surface area (Å²) in [5.74, 6) is 1.38. The van der Waals surface area contributed by atoms with E-state index in [1.165, 1.54) is 12.7 Å². The molecule has 2 saturated heterocycles. The number of amides is 2. The molecule has 154 valence electrons. The first kappa shape index (κ1) is 19.1. The average Bonchev–Trinajstić information content (AvgIpc) is 3.23. The Morgan fingerprint density at radius 1 is 1.17 bits per heavy atom. The number of nitrogens with one attached hydrogen (secondary N) is 1. The summed E-state index contributed by atoms with van der Waals surface area (Å²) in [6, 6.07) is 1.92. The van der Waals surface area contributed by atoms with Gasteiger partial charge in [-0.3, -0.25) is 4.79 Å². The quantitative estimate of drug-likeness (QED) is 0.758. The van der Waals surface area contributed by atoms with Crippen LogP contribution in [0.25, 0.3) is 5.82 Å². The minimum atomic E-state index is -0.276. The highest BCUT2D eigenvalue weighted by Crippen LogP contribution is 2.24. The van der Waals surface area contributed by atoms with Crippen molar-refractivity contribution in [1.29, 1.82) is 0 Å². The minimum absolute atomic E-state index is 0.0568. The Morgan fingerprint density at radius 2 is 1.93 bits per heavy atom. The monoisotopic (exact) mass is 400 g/mol.